The number of carbonyl (C=O) groups is 2. The van der Waals surface area contributed by atoms with Gasteiger partial charge in [-0.1, -0.05) is 73.7 Å². The maximum atomic E-state index is 14.4. The molecule has 1 aliphatic carbocycles. The third-order valence-corrected chi connectivity index (χ3v) is 10.3. The van der Waals surface area contributed by atoms with Gasteiger partial charge in [-0.25, -0.2) is 8.42 Å². The van der Waals surface area contributed by atoms with Crippen LogP contribution in [-0.2, 0) is 26.2 Å². The Morgan fingerprint density at radius 2 is 1.62 bits per heavy atom. The molecule has 45 heavy (non-hydrogen) atoms. The molecule has 1 fully saturated rings. The van der Waals surface area contributed by atoms with E-state index in [4.69, 9.17) is 32.7 Å². The molecule has 0 spiro atoms. The topological polar surface area (TPSA) is 105 Å². The Kier molecular flexibility index (Phi) is 12.0. The summed E-state index contributed by atoms with van der Waals surface area (Å²) >= 11 is 12.7. The van der Waals surface area contributed by atoms with Gasteiger partial charge in [0.2, 0.25) is 11.8 Å². The number of rotatable bonds is 13. The summed E-state index contributed by atoms with van der Waals surface area (Å²) in [5.74, 6) is -0.180. The molecule has 3 aromatic carbocycles. The van der Waals surface area contributed by atoms with Crippen molar-refractivity contribution in [3.63, 3.8) is 0 Å². The molecule has 0 bridgehead atoms. The average Bonchev–Trinajstić information content (AvgIpc) is 3.04. The van der Waals surface area contributed by atoms with Crippen molar-refractivity contribution >= 4 is 50.7 Å². The van der Waals surface area contributed by atoms with Crippen LogP contribution in [0.15, 0.2) is 71.6 Å². The second-order valence-corrected chi connectivity index (χ2v) is 13.6. The number of hydrogen-bond donors (Lipinski definition) is 1. The lowest BCUT2D eigenvalue weighted by molar-refractivity contribution is -0.140. The van der Waals surface area contributed by atoms with Gasteiger partial charge in [0.25, 0.3) is 10.0 Å². The minimum absolute atomic E-state index is 0.00182. The zero-order chi connectivity index (χ0) is 32.6. The van der Waals surface area contributed by atoms with E-state index in [-0.39, 0.29) is 29.1 Å². The van der Waals surface area contributed by atoms with E-state index in [9.17, 15) is 18.0 Å². The van der Waals surface area contributed by atoms with Crippen molar-refractivity contribution in [2.45, 2.75) is 69.0 Å². The molecule has 0 aromatic heterocycles. The van der Waals surface area contributed by atoms with Gasteiger partial charge in [-0.05, 0) is 61.2 Å². The van der Waals surface area contributed by atoms with Gasteiger partial charge in [-0.3, -0.25) is 13.9 Å². The summed E-state index contributed by atoms with van der Waals surface area (Å²) in [6, 6.07) is 16.5. The summed E-state index contributed by atoms with van der Waals surface area (Å²) in [4.78, 5) is 29.5. The Morgan fingerprint density at radius 3 is 2.24 bits per heavy atom. The van der Waals surface area contributed by atoms with Gasteiger partial charge in [0, 0.05) is 28.7 Å². The first kappa shape index (κ1) is 34.4. The molecule has 1 N–H and O–H groups in total. The molecule has 0 unspecified atom stereocenters. The fraction of sp³-hybridized carbons (Fsp3) is 0.394. The molecule has 1 saturated carbocycles. The molecule has 3 aromatic rings. The molecular weight excluding hydrogens is 637 g/mol. The number of ether oxygens (including phenoxy) is 2. The normalized spacial score (nSPS) is 14.3. The van der Waals surface area contributed by atoms with Gasteiger partial charge in [-0.15, -0.1) is 0 Å². The third-order valence-electron chi connectivity index (χ3n) is 7.96. The number of sulfonamides is 1. The van der Waals surface area contributed by atoms with E-state index in [1.54, 1.807) is 48.5 Å². The monoisotopic (exact) mass is 675 g/mol. The first-order valence-electron chi connectivity index (χ1n) is 14.9. The van der Waals surface area contributed by atoms with Gasteiger partial charge in [0.1, 0.15) is 12.6 Å². The van der Waals surface area contributed by atoms with Gasteiger partial charge < -0.3 is 19.7 Å². The minimum atomic E-state index is -4.24. The molecule has 0 radical (unpaired) electrons. The lowest BCUT2D eigenvalue weighted by atomic mass is 9.95. The van der Waals surface area contributed by atoms with Crippen LogP contribution in [0.1, 0.15) is 51.0 Å². The van der Waals surface area contributed by atoms with Crippen molar-refractivity contribution in [1.29, 1.82) is 0 Å². The number of nitrogens with zero attached hydrogens (tertiary/aromatic N) is 2. The average molecular weight is 677 g/mol. The van der Waals surface area contributed by atoms with Crippen molar-refractivity contribution in [2.24, 2.45) is 0 Å². The van der Waals surface area contributed by atoms with Crippen LogP contribution in [0.4, 0.5) is 5.69 Å². The number of methoxy groups -OCH3 is 2. The van der Waals surface area contributed by atoms with Crippen LogP contribution in [0, 0.1) is 0 Å². The van der Waals surface area contributed by atoms with Crippen molar-refractivity contribution in [2.75, 3.05) is 25.1 Å². The number of amides is 2. The molecule has 0 heterocycles. The zero-order valence-corrected chi connectivity index (χ0v) is 28.0. The Balaban J connectivity index is 1.76. The molecule has 2 amide bonds. The third kappa shape index (κ3) is 8.42. The Labute approximate surface area is 275 Å². The number of halogens is 2. The van der Waals surface area contributed by atoms with E-state index >= 15 is 0 Å². The van der Waals surface area contributed by atoms with Crippen molar-refractivity contribution < 1.29 is 27.5 Å². The zero-order valence-electron chi connectivity index (χ0n) is 25.7. The standard InChI is InChI=1S/C33H39Cl2N3O6S/c1-4-29(33(40)36-25-11-7-5-8-12-25)37(21-23-15-16-24(34)19-28(23)35)32(39)22-38(45(41,42)27-13-9-6-10-14-27)26-17-18-30(43-2)31(20-26)44-3/h6,9-10,13-20,25,29H,4-5,7-8,11-12,21-22H2,1-3H3,(H,36,40)/t29-/m0/s1. The van der Waals surface area contributed by atoms with Crippen LogP contribution >= 0.6 is 23.2 Å². The summed E-state index contributed by atoms with van der Waals surface area (Å²) < 4.78 is 40.0. The van der Waals surface area contributed by atoms with Crippen LogP contribution in [0.25, 0.3) is 0 Å². The van der Waals surface area contributed by atoms with Crippen LogP contribution in [0.2, 0.25) is 10.0 Å². The highest BCUT2D eigenvalue weighted by Gasteiger charge is 2.35. The molecule has 9 nitrogen and oxygen atoms in total. The van der Waals surface area contributed by atoms with Crippen molar-refractivity contribution in [3.05, 3.63) is 82.3 Å². The van der Waals surface area contributed by atoms with E-state index < -0.39 is 28.5 Å². The molecule has 0 aliphatic heterocycles. The maximum absolute atomic E-state index is 14.4. The SMILES string of the molecule is CC[C@@H](C(=O)NC1CCCCC1)N(Cc1ccc(Cl)cc1Cl)C(=O)CN(c1ccc(OC)c(OC)c1)S(=O)(=O)c1ccccc1. The fourth-order valence-electron chi connectivity index (χ4n) is 5.53. The van der Waals surface area contributed by atoms with Crippen LogP contribution in [0.5, 0.6) is 11.5 Å². The first-order chi connectivity index (χ1) is 21.6. The van der Waals surface area contributed by atoms with Gasteiger partial charge in [-0.2, -0.15) is 0 Å². The Bertz CT molecular complexity index is 1580. The largest absolute Gasteiger partial charge is 0.493 e. The first-order valence-corrected chi connectivity index (χ1v) is 17.1. The predicted octanol–water partition coefficient (Wildman–Crippen LogP) is 6.46. The lowest BCUT2D eigenvalue weighted by Crippen LogP contribution is -2.54. The van der Waals surface area contributed by atoms with Gasteiger partial charge >= 0.3 is 0 Å². The molecular formula is C33H39Cl2N3O6S. The second kappa shape index (κ2) is 15.7. The molecule has 4 rings (SSSR count). The van der Waals surface area contributed by atoms with E-state index in [1.165, 1.54) is 37.3 Å². The van der Waals surface area contributed by atoms with E-state index in [0.717, 1.165) is 36.4 Å². The predicted molar refractivity (Wildman–Crippen MR) is 177 cm³/mol. The van der Waals surface area contributed by atoms with E-state index in [2.05, 4.69) is 5.32 Å². The van der Waals surface area contributed by atoms with Crippen LogP contribution in [-0.4, -0.2) is 58.0 Å². The lowest BCUT2D eigenvalue weighted by Gasteiger charge is -2.34. The Hall–Kier alpha value is -3.47. The van der Waals surface area contributed by atoms with Crippen molar-refractivity contribution in [1.82, 2.24) is 10.2 Å². The minimum Gasteiger partial charge on any atom is -0.493 e. The maximum Gasteiger partial charge on any atom is 0.264 e. The highest BCUT2D eigenvalue weighted by molar-refractivity contribution is 7.92. The van der Waals surface area contributed by atoms with Gasteiger partial charge in [0.15, 0.2) is 11.5 Å². The second-order valence-electron chi connectivity index (χ2n) is 10.9. The number of nitrogens with one attached hydrogen (secondary N) is 1. The quantitative estimate of drug-likeness (QED) is 0.223. The number of carbonyl (C=O) groups excluding carboxylic acids is 2. The van der Waals surface area contributed by atoms with E-state index in [1.807, 2.05) is 6.92 Å². The fourth-order valence-corrected chi connectivity index (χ4v) is 7.42. The molecule has 242 valence electrons. The molecule has 1 atom stereocenters. The number of anilines is 1. The van der Waals surface area contributed by atoms with E-state index in [0.29, 0.717) is 33.5 Å². The summed E-state index contributed by atoms with van der Waals surface area (Å²) in [6.45, 7) is 1.20. The summed E-state index contributed by atoms with van der Waals surface area (Å²) in [5.41, 5.74) is 0.760. The molecule has 1 aliphatic rings. The van der Waals surface area contributed by atoms with Crippen LogP contribution < -0.4 is 19.1 Å². The summed E-state index contributed by atoms with van der Waals surface area (Å²) in [6.07, 6.45) is 5.25. The Morgan fingerprint density at radius 1 is 0.933 bits per heavy atom. The highest BCUT2D eigenvalue weighted by atomic mass is 35.5. The smallest absolute Gasteiger partial charge is 0.264 e. The van der Waals surface area contributed by atoms with Crippen LogP contribution in [0.3, 0.4) is 0 Å². The number of hydrogen-bond acceptors (Lipinski definition) is 6. The van der Waals surface area contributed by atoms with Gasteiger partial charge in [0.05, 0.1) is 24.8 Å². The van der Waals surface area contributed by atoms with Crippen molar-refractivity contribution in [3.8, 4) is 11.5 Å². The summed E-state index contributed by atoms with van der Waals surface area (Å²) in [5, 5.41) is 3.89. The summed E-state index contributed by atoms with van der Waals surface area (Å²) in [7, 11) is -1.33. The number of benzene rings is 3. The molecule has 12 heteroatoms. The highest BCUT2D eigenvalue weighted by Crippen LogP contribution is 2.34. The molecule has 0 saturated heterocycles.